The molecule has 3 rings (SSSR count). The van der Waals surface area contributed by atoms with E-state index < -0.39 is 35.9 Å². The maximum Gasteiger partial charge on any atom is 0.410 e. The highest BCUT2D eigenvalue weighted by Gasteiger charge is 2.65. The van der Waals surface area contributed by atoms with Crippen molar-refractivity contribution < 1.29 is 23.9 Å². The Balaban J connectivity index is 2.10. The molecule has 100 valence electrons. The summed E-state index contributed by atoms with van der Waals surface area (Å²) in [5, 5.41) is 0. The minimum atomic E-state index is -0.922. The average Bonchev–Trinajstić information content (AvgIpc) is 2.79. The molecule has 3 heterocycles. The van der Waals surface area contributed by atoms with Gasteiger partial charge in [0.25, 0.3) is 0 Å². The number of hydrogen-bond donors (Lipinski definition) is 0. The van der Waals surface area contributed by atoms with E-state index in [2.05, 4.69) is 4.74 Å². The van der Waals surface area contributed by atoms with Gasteiger partial charge >= 0.3 is 6.09 Å². The highest BCUT2D eigenvalue weighted by Crippen LogP contribution is 2.45. The molecule has 0 aliphatic carbocycles. The standard InChI is InChI=1S/C12H12N2O5/c1-13-10(16)7-5-3-4-6(15)9(8(7)11(13)17)14(5)12(18)19-2/h3-5,7-9H,1-2H3/t5-,7-,8-,9+/m0/s1. The van der Waals surface area contributed by atoms with Crippen LogP contribution in [0.4, 0.5) is 4.79 Å². The first kappa shape index (κ1) is 11.9. The van der Waals surface area contributed by atoms with E-state index in [9.17, 15) is 19.2 Å². The molecule has 2 fully saturated rings. The number of imide groups is 1. The maximum atomic E-state index is 12.1. The number of fused-ring (bicyclic) bond motifs is 5. The number of ether oxygens (including phenoxy) is 1. The first-order valence-electron chi connectivity index (χ1n) is 5.88. The lowest BCUT2D eigenvalue weighted by atomic mass is 9.90. The third kappa shape index (κ3) is 1.27. The molecule has 2 bridgehead atoms. The molecule has 3 aliphatic rings. The zero-order valence-electron chi connectivity index (χ0n) is 10.4. The van der Waals surface area contributed by atoms with Crippen LogP contribution < -0.4 is 0 Å². The molecule has 0 unspecified atom stereocenters. The maximum absolute atomic E-state index is 12.1. The summed E-state index contributed by atoms with van der Waals surface area (Å²) in [4.78, 5) is 50.2. The Kier molecular flexibility index (Phi) is 2.29. The van der Waals surface area contributed by atoms with Gasteiger partial charge in [-0.25, -0.2) is 4.79 Å². The quantitative estimate of drug-likeness (QED) is 0.533. The van der Waals surface area contributed by atoms with E-state index in [0.717, 1.165) is 4.90 Å². The van der Waals surface area contributed by atoms with Crippen molar-refractivity contribution >= 4 is 23.7 Å². The number of nitrogens with zero attached hydrogens (tertiary/aromatic N) is 2. The van der Waals surface area contributed by atoms with Crippen molar-refractivity contribution in [3.63, 3.8) is 0 Å². The van der Waals surface area contributed by atoms with Crippen molar-refractivity contribution in [2.75, 3.05) is 14.2 Å². The largest absolute Gasteiger partial charge is 0.453 e. The molecule has 3 aliphatic heterocycles. The van der Waals surface area contributed by atoms with E-state index >= 15 is 0 Å². The summed E-state index contributed by atoms with van der Waals surface area (Å²) in [5.74, 6) is -2.57. The molecule has 2 saturated heterocycles. The van der Waals surface area contributed by atoms with Crippen molar-refractivity contribution in [1.82, 2.24) is 9.80 Å². The molecular formula is C12H12N2O5. The van der Waals surface area contributed by atoms with Gasteiger partial charge in [0.2, 0.25) is 11.8 Å². The summed E-state index contributed by atoms with van der Waals surface area (Å²) in [6.45, 7) is 0. The molecule has 0 aromatic rings. The molecule has 7 nitrogen and oxygen atoms in total. The van der Waals surface area contributed by atoms with Crippen LogP contribution in [0.2, 0.25) is 0 Å². The van der Waals surface area contributed by atoms with Gasteiger partial charge in [0, 0.05) is 7.05 Å². The molecule has 19 heavy (non-hydrogen) atoms. The summed E-state index contributed by atoms with van der Waals surface area (Å²) in [6.07, 6.45) is 2.16. The Morgan fingerprint density at radius 1 is 1.21 bits per heavy atom. The predicted molar refractivity (Wildman–Crippen MR) is 60.7 cm³/mol. The van der Waals surface area contributed by atoms with E-state index in [-0.39, 0.29) is 11.7 Å². The fraction of sp³-hybridized carbons (Fsp3) is 0.500. The molecule has 0 radical (unpaired) electrons. The summed E-state index contributed by atoms with van der Waals surface area (Å²) >= 11 is 0. The first-order chi connectivity index (χ1) is 8.99. The van der Waals surface area contributed by atoms with Gasteiger partial charge in [0.05, 0.1) is 25.0 Å². The molecule has 0 aromatic heterocycles. The SMILES string of the molecule is COC(=O)N1[C@@H]2C(=O)C=C[C@H]1[C@@H]1C(=O)N(C)C(=O)[C@@H]12. The summed E-state index contributed by atoms with van der Waals surface area (Å²) < 4.78 is 4.65. The number of amides is 3. The van der Waals surface area contributed by atoms with E-state index in [4.69, 9.17) is 0 Å². The lowest BCUT2D eigenvalue weighted by molar-refractivity contribution is -0.140. The number of rotatable bonds is 0. The zero-order valence-corrected chi connectivity index (χ0v) is 10.4. The fourth-order valence-corrected chi connectivity index (χ4v) is 3.24. The first-order valence-corrected chi connectivity index (χ1v) is 5.88. The van der Waals surface area contributed by atoms with Gasteiger partial charge in [-0.1, -0.05) is 6.08 Å². The highest BCUT2D eigenvalue weighted by molar-refractivity contribution is 6.12. The Hall–Kier alpha value is -2.18. The summed E-state index contributed by atoms with van der Waals surface area (Å²) in [7, 11) is 2.60. The third-order valence-corrected chi connectivity index (χ3v) is 4.08. The van der Waals surface area contributed by atoms with Crippen LogP contribution in [0, 0.1) is 11.8 Å². The van der Waals surface area contributed by atoms with Crippen LogP contribution >= 0.6 is 0 Å². The van der Waals surface area contributed by atoms with Crippen LogP contribution in [0.25, 0.3) is 0 Å². The average molecular weight is 264 g/mol. The molecule has 0 aromatic carbocycles. The van der Waals surface area contributed by atoms with Crippen LogP contribution in [-0.2, 0) is 19.1 Å². The van der Waals surface area contributed by atoms with Gasteiger partial charge in [0.1, 0.15) is 6.04 Å². The van der Waals surface area contributed by atoms with Crippen molar-refractivity contribution in [2.45, 2.75) is 12.1 Å². The third-order valence-electron chi connectivity index (χ3n) is 4.08. The molecular weight excluding hydrogens is 252 g/mol. The van der Waals surface area contributed by atoms with Crippen LogP contribution in [0.1, 0.15) is 0 Å². The second-order valence-electron chi connectivity index (χ2n) is 4.86. The van der Waals surface area contributed by atoms with Gasteiger partial charge in [0.15, 0.2) is 5.78 Å². The normalized spacial score (nSPS) is 36.0. The predicted octanol–water partition coefficient (Wildman–Crippen LogP) is -0.825. The number of carbonyl (C=O) groups excluding carboxylic acids is 4. The molecule has 0 N–H and O–H groups in total. The minimum absolute atomic E-state index is 0.342. The Bertz CT molecular complexity index is 538. The Morgan fingerprint density at radius 2 is 1.84 bits per heavy atom. The number of hydrogen-bond acceptors (Lipinski definition) is 5. The topological polar surface area (TPSA) is 84.0 Å². The van der Waals surface area contributed by atoms with Gasteiger partial charge in [-0.15, -0.1) is 0 Å². The van der Waals surface area contributed by atoms with Crippen molar-refractivity contribution in [2.24, 2.45) is 11.8 Å². The second kappa shape index (κ2) is 3.66. The van der Waals surface area contributed by atoms with Crippen LogP contribution in [0.15, 0.2) is 12.2 Å². The van der Waals surface area contributed by atoms with E-state index in [0.29, 0.717) is 0 Å². The number of likely N-dealkylation sites (tertiary alicyclic amines) is 1. The monoisotopic (exact) mass is 264 g/mol. The van der Waals surface area contributed by atoms with E-state index in [1.807, 2.05) is 0 Å². The van der Waals surface area contributed by atoms with E-state index in [1.54, 1.807) is 0 Å². The highest BCUT2D eigenvalue weighted by atomic mass is 16.5. The van der Waals surface area contributed by atoms with Gasteiger partial charge in [-0.3, -0.25) is 24.2 Å². The Morgan fingerprint density at radius 3 is 2.47 bits per heavy atom. The fourth-order valence-electron chi connectivity index (χ4n) is 3.24. The Labute approximate surface area is 108 Å². The zero-order chi connectivity index (χ0) is 13.9. The van der Waals surface area contributed by atoms with Crippen molar-refractivity contribution in [1.29, 1.82) is 0 Å². The molecule has 0 saturated carbocycles. The van der Waals surface area contributed by atoms with E-state index in [1.165, 1.54) is 31.2 Å². The smallest absolute Gasteiger partial charge is 0.410 e. The summed E-state index contributed by atoms with van der Waals surface area (Å²) in [6, 6.07) is -1.50. The van der Waals surface area contributed by atoms with Gasteiger partial charge < -0.3 is 4.74 Å². The molecule has 3 amide bonds. The number of ketones is 1. The lowest BCUT2D eigenvalue weighted by Crippen LogP contribution is -2.51. The van der Waals surface area contributed by atoms with Crippen molar-refractivity contribution in [3.05, 3.63) is 12.2 Å². The van der Waals surface area contributed by atoms with Gasteiger partial charge in [-0.2, -0.15) is 0 Å². The van der Waals surface area contributed by atoms with Crippen molar-refractivity contribution in [3.8, 4) is 0 Å². The molecule has 7 heteroatoms. The van der Waals surface area contributed by atoms with Gasteiger partial charge in [-0.05, 0) is 6.08 Å². The van der Waals surface area contributed by atoms with Crippen LogP contribution in [0.3, 0.4) is 0 Å². The lowest BCUT2D eigenvalue weighted by Gasteiger charge is -2.31. The molecule has 4 atom stereocenters. The number of carbonyl (C=O) groups is 4. The van der Waals surface area contributed by atoms with Crippen LogP contribution in [-0.4, -0.2) is 59.7 Å². The summed E-state index contributed by atoms with van der Waals surface area (Å²) in [5.41, 5.74) is 0. The second-order valence-corrected chi connectivity index (χ2v) is 4.86. The van der Waals surface area contributed by atoms with Crippen LogP contribution in [0.5, 0.6) is 0 Å². The number of methoxy groups -OCH3 is 1. The molecule has 0 spiro atoms. The minimum Gasteiger partial charge on any atom is -0.453 e.